The van der Waals surface area contributed by atoms with E-state index in [-0.39, 0.29) is 15.6 Å². The van der Waals surface area contributed by atoms with Crippen LogP contribution >= 0.6 is 27.5 Å². The average molecular weight is 593 g/mol. The number of hydrogen-bond acceptors (Lipinski definition) is 6. The quantitative estimate of drug-likeness (QED) is 0.192. The van der Waals surface area contributed by atoms with Crippen LogP contribution in [-0.2, 0) is 14.8 Å². The van der Waals surface area contributed by atoms with Gasteiger partial charge in [0.2, 0.25) is 0 Å². The average Bonchev–Trinajstić information content (AvgIpc) is 2.87. The summed E-state index contributed by atoms with van der Waals surface area (Å²) in [6.07, 6.45) is 3.01. The summed E-state index contributed by atoms with van der Waals surface area (Å²) in [4.78, 5) is 12.8. The second-order valence-corrected chi connectivity index (χ2v) is 10.3. The third-order valence-corrected chi connectivity index (χ3v) is 7.42. The van der Waals surface area contributed by atoms with Crippen LogP contribution in [0.4, 0.5) is 5.69 Å². The number of carbonyl (C=O) groups excluding carboxylic acids is 1. The number of hydrazone groups is 1. The zero-order valence-corrected chi connectivity index (χ0v) is 22.4. The smallest absolute Gasteiger partial charge is 0.264 e. The molecule has 0 aliphatic rings. The number of ether oxygens (including phenoxy) is 2. The molecule has 0 aromatic heterocycles. The molecule has 0 unspecified atom stereocenters. The lowest BCUT2D eigenvalue weighted by molar-refractivity contribution is -0.119. The molecule has 0 spiro atoms. The molecule has 0 radical (unpaired) electrons. The van der Waals surface area contributed by atoms with Gasteiger partial charge in [0.1, 0.15) is 13.2 Å². The molecular weight excluding hydrogens is 570 g/mol. The number of sulfonamides is 1. The summed E-state index contributed by atoms with van der Waals surface area (Å²) in [5, 5.41) is 4.15. The van der Waals surface area contributed by atoms with E-state index in [0.717, 1.165) is 4.31 Å². The van der Waals surface area contributed by atoms with Crippen molar-refractivity contribution in [3.8, 4) is 11.5 Å². The first-order valence-electron chi connectivity index (χ1n) is 10.5. The van der Waals surface area contributed by atoms with Gasteiger partial charge in [-0.25, -0.2) is 13.8 Å². The van der Waals surface area contributed by atoms with Crippen LogP contribution in [0, 0.1) is 0 Å². The molecule has 0 bridgehead atoms. The van der Waals surface area contributed by atoms with Gasteiger partial charge in [0, 0.05) is 0 Å². The Bertz CT molecular complexity index is 1370. The molecule has 3 rings (SSSR count). The second-order valence-electron chi connectivity index (χ2n) is 7.20. The summed E-state index contributed by atoms with van der Waals surface area (Å²) in [5.41, 5.74) is 3.13. The molecule has 0 heterocycles. The van der Waals surface area contributed by atoms with E-state index in [9.17, 15) is 13.2 Å². The summed E-state index contributed by atoms with van der Waals surface area (Å²) in [5.74, 6) is 0.292. The summed E-state index contributed by atoms with van der Waals surface area (Å²) >= 11 is 9.69. The van der Waals surface area contributed by atoms with Gasteiger partial charge in [-0.05, 0) is 57.9 Å². The van der Waals surface area contributed by atoms with E-state index in [1.165, 1.54) is 31.5 Å². The van der Waals surface area contributed by atoms with E-state index in [4.69, 9.17) is 21.1 Å². The predicted octanol–water partition coefficient (Wildman–Crippen LogP) is 5.02. The van der Waals surface area contributed by atoms with E-state index < -0.39 is 22.5 Å². The minimum atomic E-state index is -4.08. The molecule has 0 aliphatic heterocycles. The van der Waals surface area contributed by atoms with Crippen LogP contribution in [0.15, 0.2) is 93.9 Å². The van der Waals surface area contributed by atoms with Crippen molar-refractivity contribution in [2.24, 2.45) is 5.10 Å². The topological polar surface area (TPSA) is 97.3 Å². The molecule has 0 saturated carbocycles. The van der Waals surface area contributed by atoms with Gasteiger partial charge in [0.15, 0.2) is 11.5 Å². The molecule has 1 N–H and O–H groups in total. The van der Waals surface area contributed by atoms with Crippen LogP contribution in [0.25, 0.3) is 0 Å². The Kier molecular flexibility index (Phi) is 9.51. The second kappa shape index (κ2) is 12.6. The molecule has 36 heavy (non-hydrogen) atoms. The molecule has 0 fully saturated rings. The Hall–Kier alpha value is -3.34. The van der Waals surface area contributed by atoms with Gasteiger partial charge in [0.05, 0.1) is 33.4 Å². The lowest BCUT2D eigenvalue weighted by atomic mass is 10.2. The fourth-order valence-electron chi connectivity index (χ4n) is 3.11. The molecule has 188 valence electrons. The number of anilines is 1. The van der Waals surface area contributed by atoms with Gasteiger partial charge in [-0.3, -0.25) is 9.10 Å². The molecule has 0 atom stereocenters. The number of amides is 1. The van der Waals surface area contributed by atoms with Crippen molar-refractivity contribution in [1.29, 1.82) is 0 Å². The number of nitrogens with one attached hydrogen (secondary N) is 1. The van der Waals surface area contributed by atoms with E-state index >= 15 is 0 Å². The van der Waals surface area contributed by atoms with Gasteiger partial charge < -0.3 is 9.47 Å². The highest BCUT2D eigenvalue weighted by Crippen LogP contribution is 2.36. The van der Waals surface area contributed by atoms with E-state index in [1.807, 2.05) is 0 Å². The highest BCUT2D eigenvalue weighted by molar-refractivity contribution is 9.10. The first kappa shape index (κ1) is 27.3. The van der Waals surface area contributed by atoms with Crippen molar-refractivity contribution < 1.29 is 22.7 Å². The van der Waals surface area contributed by atoms with Crippen molar-refractivity contribution in [3.05, 3.63) is 94.4 Å². The van der Waals surface area contributed by atoms with Crippen LogP contribution in [0.5, 0.6) is 11.5 Å². The maximum absolute atomic E-state index is 13.3. The molecule has 3 aromatic rings. The number of para-hydroxylation sites is 1. The van der Waals surface area contributed by atoms with Crippen molar-refractivity contribution in [1.82, 2.24) is 5.43 Å². The maximum atomic E-state index is 13.3. The largest absolute Gasteiger partial charge is 0.493 e. The lowest BCUT2D eigenvalue weighted by Crippen LogP contribution is -2.39. The fraction of sp³-hybridized carbons (Fsp3) is 0.120. The van der Waals surface area contributed by atoms with E-state index in [0.29, 0.717) is 28.1 Å². The number of carbonyl (C=O) groups is 1. The number of rotatable bonds is 11. The molecule has 0 saturated heterocycles. The number of benzene rings is 3. The van der Waals surface area contributed by atoms with Crippen LogP contribution in [-0.4, -0.2) is 40.8 Å². The fourth-order valence-corrected chi connectivity index (χ4v) is 5.44. The Balaban J connectivity index is 1.81. The van der Waals surface area contributed by atoms with Crippen LogP contribution in [0.1, 0.15) is 5.56 Å². The number of nitrogens with zero attached hydrogens (tertiary/aromatic N) is 2. The van der Waals surface area contributed by atoms with Gasteiger partial charge >= 0.3 is 0 Å². The number of halogens is 2. The SMILES string of the molecule is C=CCOc1c(Br)cc(/C=N\NC(=O)CN(c2ccccc2Cl)S(=O)(=O)c2ccccc2)cc1OC. The molecule has 8 nitrogen and oxygen atoms in total. The zero-order valence-electron chi connectivity index (χ0n) is 19.2. The lowest BCUT2D eigenvalue weighted by Gasteiger charge is -2.24. The molecular formula is C25H23BrClN3O5S. The van der Waals surface area contributed by atoms with E-state index in [1.54, 1.807) is 54.6 Å². The summed E-state index contributed by atoms with van der Waals surface area (Å²) in [6.45, 7) is 3.38. The zero-order chi connectivity index (χ0) is 26.1. The Morgan fingerprint density at radius 1 is 1.17 bits per heavy atom. The summed E-state index contributed by atoms with van der Waals surface area (Å²) in [7, 11) is -2.58. The normalized spacial score (nSPS) is 11.2. The number of methoxy groups -OCH3 is 1. The summed E-state index contributed by atoms with van der Waals surface area (Å²) in [6, 6.07) is 17.6. The predicted molar refractivity (Wildman–Crippen MR) is 145 cm³/mol. The minimum Gasteiger partial charge on any atom is -0.493 e. The molecule has 0 aliphatic carbocycles. The molecule has 3 aromatic carbocycles. The van der Waals surface area contributed by atoms with Crippen molar-refractivity contribution in [2.75, 3.05) is 24.6 Å². The highest BCUT2D eigenvalue weighted by Gasteiger charge is 2.28. The van der Waals surface area contributed by atoms with Crippen LogP contribution in [0.3, 0.4) is 0 Å². The monoisotopic (exact) mass is 591 g/mol. The van der Waals surface area contributed by atoms with Crippen LogP contribution < -0.4 is 19.2 Å². The van der Waals surface area contributed by atoms with E-state index in [2.05, 4.69) is 33.0 Å². The minimum absolute atomic E-state index is 0.0249. The first-order valence-corrected chi connectivity index (χ1v) is 13.1. The third kappa shape index (κ3) is 6.66. The van der Waals surface area contributed by atoms with Gasteiger partial charge in [-0.15, -0.1) is 0 Å². The maximum Gasteiger partial charge on any atom is 0.264 e. The standard InChI is InChI=1S/C25H23BrClN3O5S/c1-3-13-35-25-20(26)14-18(15-23(25)34-2)16-28-29-24(31)17-30(22-12-8-7-11-21(22)27)36(32,33)19-9-5-4-6-10-19/h3-12,14-16H,1,13,17H2,2H3,(H,29,31)/b28-16-. The Morgan fingerprint density at radius 2 is 1.86 bits per heavy atom. The van der Waals surface area contributed by atoms with Gasteiger partial charge in [-0.1, -0.05) is 54.6 Å². The van der Waals surface area contributed by atoms with Gasteiger partial charge in [-0.2, -0.15) is 5.10 Å². The summed E-state index contributed by atoms with van der Waals surface area (Å²) < 4.78 is 39.2. The molecule has 11 heteroatoms. The van der Waals surface area contributed by atoms with Crippen LogP contribution in [0.2, 0.25) is 5.02 Å². The van der Waals surface area contributed by atoms with Gasteiger partial charge in [0.25, 0.3) is 15.9 Å². The number of hydrogen-bond donors (Lipinski definition) is 1. The first-order chi connectivity index (χ1) is 17.3. The third-order valence-electron chi connectivity index (χ3n) is 4.74. The Labute approximate surface area is 223 Å². The molecule has 1 amide bonds. The highest BCUT2D eigenvalue weighted by atomic mass is 79.9. The van der Waals surface area contributed by atoms with Crippen molar-refractivity contribution in [2.45, 2.75) is 4.90 Å². The Morgan fingerprint density at radius 3 is 2.53 bits per heavy atom. The van der Waals surface area contributed by atoms with Crippen molar-refractivity contribution >= 4 is 55.4 Å². The van der Waals surface area contributed by atoms with Crippen molar-refractivity contribution in [3.63, 3.8) is 0 Å².